The van der Waals surface area contributed by atoms with E-state index in [1.165, 1.54) is 0 Å². The zero-order chi connectivity index (χ0) is 31.8. The first kappa shape index (κ1) is 31.2. The zero-order valence-corrected chi connectivity index (χ0v) is 26.8. The number of rotatable bonds is 5. The highest BCUT2D eigenvalue weighted by Crippen LogP contribution is 2.36. The van der Waals surface area contributed by atoms with E-state index in [9.17, 15) is 14.4 Å². The number of benzene rings is 2. The molecule has 4 aliphatic heterocycles. The van der Waals surface area contributed by atoms with Crippen molar-refractivity contribution >= 4 is 17.7 Å². The molecule has 10 heteroatoms. The molecule has 3 N–H and O–H groups in total. The Morgan fingerprint density at radius 1 is 0.956 bits per heavy atom. The number of hydrogen-bond acceptors (Lipinski definition) is 7. The molecule has 4 heterocycles. The first-order valence-corrected chi connectivity index (χ1v) is 16.2. The van der Waals surface area contributed by atoms with E-state index in [0.717, 1.165) is 31.2 Å². The third-order valence-corrected chi connectivity index (χ3v) is 9.07. The standard InChI is InChI=1S/C35H46N4O6/c1-34(2)15-24(16-35(3,4)38-34)11-32(41)39-18-29-30(19-39)45-26-9-7-22(8-10-26)17-36-31(40)21-44-28-13-25(33(42)37-29)12-27(14-28)43-20-23-5-6-23/h7-10,12-14,23-24,29-30,38H,5-6,11,15-21H2,1-4H3,(H,36,40)(H,37,42)/t29-,30-/m0/s1. The van der Waals surface area contributed by atoms with Crippen LogP contribution in [0.3, 0.4) is 0 Å². The van der Waals surface area contributed by atoms with Crippen molar-refractivity contribution in [2.45, 2.75) is 89.6 Å². The van der Waals surface area contributed by atoms with E-state index in [4.69, 9.17) is 14.2 Å². The molecule has 5 aliphatic rings. The minimum absolute atomic E-state index is 0.0468. The average Bonchev–Trinajstić information content (AvgIpc) is 3.72. The van der Waals surface area contributed by atoms with Crippen LogP contribution in [0.2, 0.25) is 0 Å². The molecule has 2 aromatic rings. The summed E-state index contributed by atoms with van der Waals surface area (Å²) in [6.45, 7) is 10.2. The molecule has 242 valence electrons. The molecule has 0 spiro atoms. The molecule has 2 saturated heterocycles. The van der Waals surface area contributed by atoms with E-state index >= 15 is 0 Å². The summed E-state index contributed by atoms with van der Waals surface area (Å²) in [5.41, 5.74) is 1.18. The second-order valence-corrected chi connectivity index (χ2v) is 14.6. The van der Waals surface area contributed by atoms with Gasteiger partial charge in [0, 0.05) is 42.2 Å². The Kier molecular flexibility index (Phi) is 8.70. The van der Waals surface area contributed by atoms with Crippen molar-refractivity contribution in [3.05, 3.63) is 53.6 Å². The molecule has 45 heavy (non-hydrogen) atoms. The van der Waals surface area contributed by atoms with Crippen LogP contribution in [0, 0.1) is 11.8 Å². The van der Waals surface area contributed by atoms with Gasteiger partial charge in [0.2, 0.25) is 5.91 Å². The van der Waals surface area contributed by atoms with Crippen molar-refractivity contribution in [2.24, 2.45) is 11.8 Å². The maximum atomic E-state index is 13.7. The van der Waals surface area contributed by atoms with Crippen LogP contribution in [0.1, 0.15) is 75.7 Å². The lowest BCUT2D eigenvalue weighted by Gasteiger charge is -2.46. The minimum atomic E-state index is -0.440. The monoisotopic (exact) mass is 618 g/mol. The van der Waals surface area contributed by atoms with Crippen LogP contribution in [0.15, 0.2) is 42.5 Å². The smallest absolute Gasteiger partial charge is 0.258 e. The van der Waals surface area contributed by atoms with Gasteiger partial charge in [-0.25, -0.2) is 0 Å². The number of piperidine rings is 1. The predicted molar refractivity (Wildman–Crippen MR) is 169 cm³/mol. The Labute approximate surface area is 265 Å². The number of hydrogen-bond donors (Lipinski definition) is 3. The molecule has 3 fully saturated rings. The van der Waals surface area contributed by atoms with Crippen molar-refractivity contribution in [3.63, 3.8) is 0 Å². The Morgan fingerprint density at radius 3 is 2.40 bits per heavy atom. The molecular weight excluding hydrogens is 572 g/mol. The Hall–Kier alpha value is -3.79. The topological polar surface area (TPSA) is 118 Å². The highest BCUT2D eigenvalue weighted by Gasteiger charge is 2.42. The van der Waals surface area contributed by atoms with E-state index in [1.807, 2.05) is 29.2 Å². The van der Waals surface area contributed by atoms with Crippen LogP contribution in [-0.4, -0.2) is 72.1 Å². The maximum absolute atomic E-state index is 13.7. The van der Waals surface area contributed by atoms with E-state index in [0.29, 0.717) is 61.4 Å². The summed E-state index contributed by atoms with van der Waals surface area (Å²) in [6, 6.07) is 12.1. The Balaban J connectivity index is 1.23. The summed E-state index contributed by atoms with van der Waals surface area (Å²) < 4.78 is 18.2. The molecule has 3 amide bonds. The number of nitrogens with zero attached hydrogens (tertiary/aromatic N) is 1. The van der Waals surface area contributed by atoms with Gasteiger partial charge in [-0.05, 0) is 95.0 Å². The molecule has 1 saturated carbocycles. The normalized spacial score (nSPS) is 24.8. The summed E-state index contributed by atoms with van der Waals surface area (Å²) in [6.07, 6.45) is 4.14. The van der Waals surface area contributed by atoms with Crippen molar-refractivity contribution in [1.82, 2.24) is 20.9 Å². The number of likely N-dealkylation sites (tertiary alicyclic amines) is 1. The fourth-order valence-corrected chi connectivity index (χ4v) is 7.17. The van der Waals surface area contributed by atoms with Crippen LogP contribution in [0.5, 0.6) is 17.2 Å². The van der Waals surface area contributed by atoms with E-state index in [-0.39, 0.29) is 41.3 Å². The Morgan fingerprint density at radius 2 is 1.69 bits per heavy atom. The van der Waals surface area contributed by atoms with E-state index in [2.05, 4.69) is 43.6 Å². The second kappa shape index (κ2) is 12.5. The number of ether oxygens (including phenoxy) is 3. The maximum Gasteiger partial charge on any atom is 0.258 e. The summed E-state index contributed by atoms with van der Waals surface area (Å²) in [7, 11) is 0. The Bertz CT molecular complexity index is 1400. The molecule has 2 aromatic carbocycles. The van der Waals surface area contributed by atoms with Gasteiger partial charge < -0.3 is 35.1 Å². The molecule has 2 atom stereocenters. The SMILES string of the molecule is CC1(C)CC(CC(=O)N2C[C@@H]3NC(=O)c4cc(cc(OCC5CC5)c4)OCC(=O)NCc4ccc(cc4)O[C@H]3C2)CC(C)(C)N1. The molecule has 1 aliphatic carbocycles. The van der Waals surface area contributed by atoms with Gasteiger partial charge in [0.1, 0.15) is 23.4 Å². The van der Waals surface area contributed by atoms with Crippen LogP contribution in [0.4, 0.5) is 0 Å². The van der Waals surface area contributed by atoms with Gasteiger partial charge in [-0.3, -0.25) is 14.4 Å². The van der Waals surface area contributed by atoms with Gasteiger partial charge in [0.25, 0.3) is 11.8 Å². The van der Waals surface area contributed by atoms with Crippen LogP contribution in [-0.2, 0) is 16.1 Å². The van der Waals surface area contributed by atoms with Crippen molar-refractivity contribution in [1.29, 1.82) is 0 Å². The largest absolute Gasteiger partial charge is 0.493 e. The predicted octanol–water partition coefficient (Wildman–Crippen LogP) is 3.82. The van der Waals surface area contributed by atoms with E-state index < -0.39 is 12.1 Å². The summed E-state index contributed by atoms with van der Waals surface area (Å²) >= 11 is 0. The first-order chi connectivity index (χ1) is 21.4. The van der Waals surface area contributed by atoms with Crippen molar-refractivity contribution in [3.8, 4) is 17.2 Å². The average molecular weight is 619 g/mol. The van der Waals surface area contributed by atoms with E-state index in [1.54, 1.807) is 18.2 Å². The number of carbonyl (C=O) groups is 3. The van der Waals surface area contributed by atoms with Gasteiger partial charge in [-0.1, -0.05) is 12.1 Å². The van der Waals surface area contributed by atoms with Crippen molar-refractivity contribution < 1.29 is 28.6 Å². The van der Waals surface area contributed by atoms with Gasteiger partial charge in [0.15, 0.2) is 6.61 Å². The molecule has 0 aromatic heterocycles. The highest BCUT2D eigenvalue weighted by molar-refractivity contribution is 5.95. The van der Waals surface area contributed by atoms with Crippen LogP contribution in [0.25, 0.3) is 0 Å². The zero-order valence-electron chi connectivity index (χ0n) is 26.8. The number of amides is 3. The molecule has 0 unspecified atom stereocenters. The molecule has 0 radical (unpaired) electrons. The van der Waals surface area contributed by atoms with Gasteiger partial charge in [-0.15, -0.1) is 0 Å². The summed E-state index contributed by atoms with van der Waals surface area (Å²) in [5, 5.41) is 9.71. The summed E-state index contributed by atoms with van der Waals surface area (Å²) in [4.78, 5) is 41.8. The molecule has 10 nitrogen and oxygen atoms in total. The second-order valence-electron chi connectivity index (χ2n) is 14.6. The van der Waals surface area contributed by atoms with Crippen LogP contribution < -0.4 is 30.2 Å². The summed E-state index contributed by atoms with van der Waals surface area (Å²) in [5.74, 6) is 1.81. The molecular formula is C35H46N4O6. The van der Waals surface area contributed by atoms with Crippen LogP contribution >= 0.6 is 0 Å². The quantitative estimate of drug-likeness (QED) is 0.467. The lowest BCUT2D eigenvalue weighted by molar-refractivity contribution is -0.132. The van der Waals surface area contributed by atoms with Gasteiger partial charge >= 0.3 is 0 Å². The third kappa shape index (κ3) is 8.28. The third-order valence-electron chi connectivity index (χ3n) is 9.07. The fraction of sp³-hybridized carbons (Fsp3) is 0.571. The highest BCUT2D eigenvalue weighted by atomic mass is 16.5. The fourth-order valence-electron chi connectivity index (χ4n) is 7.17. The minimum Gasteiger partial charge on any atom is -0.493 e. The van der Waals surface area contributed by atoms with Crippen molar-refractivity contribution in [2.75, 3.05) is 26.3 Å². The number of carbonyl (C=O) groups excluding carboxylic acids is 3. The molecule has 4 bridgehead atoms. The van der Waals surface area contributed by atoms with Gasteiger partial charge in [0.05, 0.1) is 19.2 Å². The number of fused-ring (bicyclic) bond motifs is 7. The number of nitrogens with one attached hydrogen (secondary N) is 3. The lowest BCUT2D eigenvalue weighted by Crippen LogP contribution is -2.58. The first-order valence-electron chi connectivity index (χ1n) is 16.2. The van der Waals surface area contributed by atoms with Gasteiger partial charge in [-0.2, -0.15) is 0 Å². The lowest BCUT2D eigenvalue weighted by atomic mass is 9.74. The molecule has 7 rings (SSSR count).